The third kappa shape index (κ3) is 3.99. The second-order valence-corrected chi connectivity index (χ2v) is 6.44. The Morgan fingerprint density at radius 1 is 1.55 bits per heavy atom. The molecule has 0 aromatic carbocycles. The molecule has 0 bridgehead atoms. The number of hydrogen-bond donors (Lipinski definition) is 1. The van der Waals surface area contributed by atoms with Crippen LogP contribution in [0.4, 0.5) is 4.79 Å². The van der Waals surface area contributed by atoms with Gasteiger partial charge in [0.25, 0.3) is 0 Å². The van der Waals surface area contributed by atoms with Crippen LogP contribution in [-0.2, 0) is 11.2 Å². The number of carbonyl (C=O) groups is 1. The van der Waals surface area contributed by atoms with Crippen LogP contribution in [0.5, 0.6) is 0 Å². The van der Waals surface area contributed by atoms with Crippen molar-refractivity contribution in [3.63, 3.8) is 0 Å². The molecule has 5 nitrogen and oxygen atoms in total. The van der Waals surface area contributed by atoms with Gasteiger partial charge >= 0.3 is 6.09 Å². The first-order chi connectivity index (χ1) is 9.40. The molecule has 1 amide bonds. The van der Waals surface area contributed by atoms with Gasteiger partial charge in [-0.3, -0.25) is 0 Å². The molecule has 0 saturated heterocycles. The Hall–Kier alpha value is -1.52. The van der Waals surface area contributed by atoms with Gasteiger partial charge in [-0.15, -0.1) is 0 Å². The van der Waals surface area contributed by atoms with E-state index in [-0.39, 0.29) is 6.09 Å². The normalized spacial score (nSPS) is 21.6. The van der Waals surface area contributed by atoms with Crippen molar-refractivity contribution in [2.45, 2.75) is 58.6 Å². The molecule has 0 radical (unpaired) electrons. The minimum atomic E-state index is -0.450. The van der Waals surface area contributed by atoms with Crippen LogP contribution in [0.25, 0.3) is 0 Å². The number of imidazole rings is 1. The van der Waals surface area contributed by atoms with E-state index in [2.05, 4.69) is 21.8 Å². The molecule has 112 valence electrons. The lowest BCUT2D eigenvalue weighted by molar-refractivity contribution is 0.0528. The third-order valence-corrected chi connectivity index (χ3v) is 3.56. The van der Waals surface area contributed by atoms with Crippen molar-refractivity contribution in [3.8, 4) is 0 Å². The van der Waals surface area contributed by atoms with E-state index in [4.69, 9.17) is 4.74 Å². The second kappa shape index (κ2) is 5.85. The second-order valence-electron chi connectivity index (χ2n) is 6.44. The summed E-state index contributed by atoms with van der Waals surface area (Å²) in [5.74, 6) is 0.793. The minimum Gasteiger partial charge on any atom is -0.444 e. The number of alkyl carbamates (subject to hydrolysis) is 1. The van der Waals surface area contributed by atoms with Crippen molar-refractivity contribution >= 4 is 6.09 Å². The minimum absolute atomic E-state index is 0.360. The maximum absolute atomic E-state index is 11.6. The van der Waals surface area contributed by atoms with E-state index < -0.39 is 5.60 Å². The third-order valence-electron chi connectivity index (χ3n) is 3.56. The number of nitrogens with zero attached hydrogens (tertiary/aromatic N) is 2. The summed E-state index contributed by atoms with van der Waals surface area (Å²) < 4.78 is 7.46. The molecule has 20 heavy (non-hydrogen) atoms. The topological polar surface area (TPSA) is 56.2 Å². The molecule has 1 saturated carbocycles. The van der Waals surface area contributed by atoms with Gasteiger partial charge < -0.3 is 14.6 Å². The summed E-state index contributed by atoms with van der Waals surface area (Å²) in [5.41, 5.74) is 0.732. The zero-order chi connectivity index (χ0) is 14.8. The number of ether oxygens (including phenoxy) is 1. The standard InChI is InChI=1S/C15H25N3O2/c1-5-11-8-13(11)18-10-16-9-12(18)6-7-17-14(19)20-15(2,3)4/h9-11,13H,5-8H2,1-4H3,(H,17,19). The summed E-state index contributed by atoms with van der Waals surface area (Å²) in [6.45, 7) is 8.38. The number of amides is 1. The van der Waals surface area contributed by atoms with Crippen molar-refractivity contribution in [1.82, 2.24) is 14.9 Å². The molecule has 1 heterocycles. The van der Waals surface area contributed by atoms with Gasteiger partial charge in [0.2, 0.25) is 0 Å². The Bertz CT molecular complexity index is 462. The summed E-state index contributed by atoms with van der Waals surface area (Å²) in [4.78, 5) is 15.8. The molecule has 1 aliphatic carbocycles. The summed E-state index contributed by atoms with van der Waals surface area (Å²) >= 11 is 0. The van der Waals surface area contributed by atoms with Crippen molar-refractivity contribution in [3.05, 3.63) is 18.2 Å². The van der Waals surface area contributed by atoms with Gasteiger partial charge in [0.1, 0.15) is 5.60 Å². The highest BCUT2D eigenvalue weighted by atomic mass is 16.6. The molecule has 2 unspecified atom stereocenters. The van der Waals surface area contributed by atoms with Gasteiger partial charge in [-0.05, 0) is 33.1 Å². The van der Waals surface area contributed by atoms with Gasteiger partial charge in [-0.1, -0.05) is 13.3 Å². The van der Waals surface area contributed by atoms with E-state index in [1.807, 2.05) is 33.3 Å². The Kier molecular flexibility index (Phi) is 4.35. The first kappa shape index (κ1) is 14.9. The zero-order valence-electron chi connectivity index (χ0n) is 12.8. The van der Waals surface area contributed by atoms with Crippen LogP contribution < -0.4 is 5.32 Å². The van der Waals surface area contributed by atoms with Crippen LogP contribution in [0.3, 0.4) is 0 Å². The average Bonchev–Trinajstić information content (AvgIpc) is 2.98. The van der Waals surface area contributed by atoms with E-state index >= 15 is 0 Å². The molecule has 1 aliphatic rings. The van der Waals surface area contributed by atoms with Crippen LogP contribution in [0.15, 0.2) is 12.5 Å². The summed E-state index contributed by atoms with van der Waals surface area (Å²) in [6.07, 6.45) is 6.69. The Labute approximate surface area is 120 Å². The molecule has 1 fully saturated rings. The van der Waals surface area contributed by atoms with Crippen molar-refractivity contribution in [2.75, 3.05) is 6.54 Å². The predicted molar refractivity (Wildman–Crippen MR) is 77.6 cm³/mol. The zero-order valence-corrected chi connectivity index (χ0v) is 12.8. The maximum Gasteiger partial charge on any atom is 0.407 e. The Morgan fingerprint density at radius 2 is 2.30 bits per heavy atom. The van der Waals surface area contributed by atoms with Crippen LogP contribution >= 0.6 is 0 Å². The smallest absolute Gasteiger partial charge is 0.407 e. The Balaban J connectivity index is 1.78. The van der Waals surface area contributed by atoms with E-state index in [9.17, 15) is 4.79 Å². The fraction of sp³-hybridized carbons (Fsp3) is 0.733. The highest BCUT2D eigenvalue weighted by Crippen LogP contribution is 2.45. The molecule has 0 spiro atoms. The first-order valence-electron chi connectivity index (χ1n) is 7.38. The first-order valence-corrected chi connectivity index (χ1v) is 7.38. The fourth-order valence-electron chi connectivity index (χ4n) is 2.44. The number of aromatic nitrogens is 2. The molecule has 1 aromatic heterocycles. The molecular formula is C15H25N3O2. The highest BCUT2D eigenvalue weighted by Gasteiger charge is 2.37. The molecular weight excluding hydrogens is 254 g/mol. The van der Waals surface area contributed by atoms with Crippen LogP contribution in [0, 0.1) is 5.92 Å². The van der Waals surface area contributed by atoms with Gasteiger partial charge in [0.05, 0.1) is 6.33 Å². The van der Waals surface area contributed by atoms with E-state index in [1.54, 1.807) is 0 Å². The summed E-state index contributed by atoms with van der Waals surface area (Å²) in [6, 6.07) is 0.610. The van der Waals surface area contributed by atoms with E-state index in [0.29, 0.717) is 12.6 Å². The molecule has 1 N–H and O–H groups in total. The lowest BCUT2D eigenvalue weighted by atomic mass is 10.2. The maximum atomic E-state index is 11.6. The number of hydrogen-bond acceptors (Lipinski definition) is 3. The molecule has 5 heteroatoms. The fourth-order valence-corrected chi connectivity index (χ4v) is 2.44. The van der Waals surface area contributed by atoms with Crippen molar-refractivity contribution in [1.29, 1.82) is 0 Å². The molecule has 2 atom stereocenters. The van der Waals surface area contributed by atoms with Gasteiger partial charge in [0, 0.05) is 30.9 Å². The summed E-state index contributed by atoms with van der Waals surface area (Å²) in [7, 11) is 0. The van der Waals surface area contributed by atoms with E-state index in [1.165, 1.54) is 18.5 Å². The van der Waals surface area contributed by atoms with Crippen LogP contribution in [-0.4, -0.2) is 27.8 Å². The Morgan fingerprint density at radius 3 is 2.90 bits per heavy atom. The van der Waals surface area contributed by atoms with Crippen molar-refractivity contribution < 1.29 is 9.53 Å². The lowest BCUT2D eigenvalue weighted by Crippen LogP contribution is -2.33. The number of carbonyl (C=O) groups excluding carboxylic acids is 1. The number of nitrogens with one attached hydrogen (secondary N) is 1. The lowest BCUT2D eigenvalue weighted by Gasteiger charge is -2.19. The largest absolute Gasteiger partial charge is 0.444 e. The molecule has 0 aliphatic heterocycles. The highest BCUT2D eigenvalue weighted by molar-refractivity contribution is 5.67. The molecule has 1 aromatic rings. The van der Waals surface area contributed by atoms with Gasteiger partial charge in [-0.25, -0.2) is 9.78 Å². The number of rotatable bonds is 5. The summed E-state index contributed by atoms with van der Waals surface area (Å²) in [5, 5.41) is 2.79. The van der Waals surface area contributed by atoms with Gasteiger partial charge in [0.15, 0.2) is 0 Å². The van der Waals surface area contributed by atoms with Gasteiger partial charge in [-0.2, -0.15) is 0 Å². The predicted octanol–water partition coefficient (Wildman–Crippen LogP) is 2.92. The SMILES string of the molecule is CCC1CC1n1cncc1CCNC(=O)OC(C)(C)C. The van der Waals surface area contributed by atoms with Crippen LogP contribution in [0.1, 0.15) is 52.3 Å². The monoisotopic (exact) mass is 279 g/mol. The van der Waals surface area contributed by atoms with Crippen LogP contribution in [0.2, 0.25) is 0 Å². The van der Waals surface area contributed by atoms with Crippen molar-refractivity contribution in [2.24, 2.45) is 5.92 Å². The average molecular weight is 279 g/mol. The quantitative estimate of drug-likeness (QED) is 0.901. The van der Waals surface area contributed by atoms with E-state index in [0.717, 1.165) is 12.3 Å². The molecule has 2 rings (SSSR count).